The minimum Gasteiger partial charge on any atom is -0.295 e. The third kappa shape index (κ3) is 6.71. The van der Waals surface area contributed by atoms with Crippen LogP contribution in [-0.2, 0) is 9.59 Å². The first-order chi connectivity index (χ1) is 5.16. The van der Waals surface area contributed by atoms with Gasteiger partial charge in [-0.25, -0.2) is 0 Å². The summed E-state index contributed by atoms with van der Waals surface area (Å²) in [6, 6.07) is 0. The summed E-state index contributed by atoms with van der Waals surface area (Å²) in [5, 5.41) is 0. The first-order valence-electron chi connectivity index (χ1n) is 3.49. The molecule has 0 saturated heterocycles. The first-order valence-corrected chi connectivity index (χ1v) is 3.49. The number of hydrogen-bond donors (Lipinski definition) is 0. The summed E-state index contributed by atoms with van der Waals surface area (Å²) in [5.41, 5.74) is 0. The van der Waals surface area contributed by atoms with Gasteiger partial charge in [-0.2, -0.15) is 0 Å². The molecular formula is C9H12O2. The lowest BCUT2D eigenvalue weighted by Crippen LogP contribution is -1.92. The molecule has 60 valence electrons. The van der Waals surface area contributed by atoms with Crippen LogP contribution in [0.3, 0.4) is 0 Å². The molecule has 0 heterocycles. The molecule has 0 aromatic heterocycles. The van der Waals surface area contributed by atoms with E-state index in [1.165, 1.54) is 19.1 Å². The van der Waals surface area contributed by atoms with Gasteiger partial charge < -0.3 is 0 Å². The van der Waals surface area contributed by atoms with Crippen molar-refractivity contribution in [1.82, 2.24) is 0 Å². The van der Waals surface area contributed by atoms with Crippen LogP contribution in [0.5, 0.6) is 0 Å². The predicted octanol–water partition coefficient (Wildman–Crippen LogP) is 1.67. The lowest BCUT2D eigenvalue weighted by atomic mass is 10.2. The minimum atomic E-state index is -0.100. The third-order valence-corrected chi connectivity index (χ3v) is 1.10. The topological polar surface area (TPSA) is 34.1 Å². The lowest BCUT2D eigenvalue weighted by Gasteiger charge is -1.87. The van der Waals surface area contributed by atoms with Gasteiger partial charge in [-0.1, -0.05) is 6.08 Å². The van der Waals surface area contributed by atoms with E-state index in [9.17, 15) is 9.59 Å². The molecule has 0 saturated carbocycles. The van der Waals surface area contributed by atoms with Crippen LogP contribution < -0.4 is 0 Å². The van der Waals surface area contributed by atoms with Crippen LogP contribution >= 0.6 is 0 Å². The van der Waals surface area contributed by atoms with E-state index in [1.807, 2.05) is 0 Å². The van der Waals surface area contributed by atoms with Gasteiger partial charge in [0.2, 0.25) is 0 Å². The molecular weight excluding hydrogens is 140 g/mol. The zero-order valence-electron chi connectivity index (χ0n) is 6.67. The summed E-state index contributed by atoms with van der Waals surface area (Å²) >= 11 is 0. The predicted molar refractivity (Wildman–Crippen MR) is 44.3 cm³/mol. The zero-order valence-corrected chi connectivity index (χ0v) is 6.67. The van der Waals surface area contributed by atoms with Crippen molar-refractivity contribution in [3.8, 4) is 0 Å². The van der Waals surface area contributed by atoms with E-state index in [4.69, 9.17) is 0 Å². The van der Waals surface area contributed by atoms with Crippen molar-refractivity contribution in [3.63, 3.8) is 0 Å². The standard InChI is InChI=1S/C9H12O2/c1-3-4-5-9(11)7-6-8(2)10/h3,6-7H,1,4-5H2,2H3/b7-6+. The van der Waals surface area contributed by atoms with Gasteiger partial charge >= 0.3 is 0 Å². The Morgan fingerprint density at radius 3 is 2.45 bits per heavy atom. The van der Waals surface area contributed by atoms with Gasteiger partial charge in [0.05, 0.1) is 0 Å². The molecule has 0 spiro atoms. The molecule has 0 aliphatic rings. The van der Waals surface area contributed by atoms with Crippen LogP contribution in [-0.4, -0.2) is 11.6 Å². The minimum absolute atomic E-state index is 0.0277. The van der Waals surface area contributed by atoms with Crippen LogP contribution in [0.1, 0.15) is 19.8 Å². The lowest BCUT2D eigenvalue weighted by molar-refractivity contribution is -0.116. The van der Waals surface area contributed by atoms with Gasteiger partial charge in [0, 0.05) is 6.42 Å². The van der Waals surface area contributed by atoms with E-state index in [-0.39, 0.29) is 11.6 Å². The van der Waals surface area contributed by atoms with Crippen molar-refractivity contribution in [2.24, 2.45) is 0 Å². The molecule has 0 aromatic rings. The molecule has 0 rings (SSSR count). The van der Waals surface area contributed by atoms with Crippen LogP contribution in [0.4, 0.5) is 0 Å². The van der Waals surface area contributed by atoms with Crippen LogP contribution in [0.2, 0.25) is 0 Å². The second-order valence-corrected chi connectivity index (χ2v) is 2.24. The van der Waals surface area contributed by atoms with E-state index < -0.39 is 0 Å². The Bertz CT molecular complexity index is 190. The van der Waals surface area contributed by atoms with Gasteiger partial charge in [-0.3, -0.25) is 9.59 Å². The second kappa shape index (κ2) is 5.59. The summed E-state index contributed by atoms with van der Waals surface area (Å²) in [7, 11) is 0. The highest BCUT2D eigenvalue weighted by Gasteiger charge is 1.93. The maximum atomic E-state index is 10.8. The molecule has 2 nitrogen and oxygen atoms in total. The molecule has 0 N–H and O–H groups in total. The van der Waals surface area contributed by atoms with Gasteiger partial charge in [0.15, 0.2) is 11.6 Å². The number of carbonyl (C=O) groups is 2. The number of ketones is 2. The molecule has 0 amide bonds. The normalized spacial score (nSPS) is 9.91. The Hall–Kier alpha value is -1.18. The quantitative estimate of drug-likeness (QED) is 0.443. The summed E-state index contributed by atoms with van der Waals surface area (Å²) in [6.45, 7) is 4.90. The van der Waals surface area contributed by atoms with Crippen LogP contribution in [0.15, 0.2) is 24.8 Å². The maximum Gasteiger partial charge on any atom is 0.156 e. The Morgan fingerprint density at radius 2 is 2.00 bits per heavy atom. The van der Waals surface area contributed by atoms with Gasteiger partial charge in [-0.15, -0.1) is 6.58 Å². The highest BCUT2D eigenvalue weighted by Crippen LogP contribution is 1.92. The summed E-state index contributed by atoms with van der Waals surface area (Å²) in [5.74, 6) is -0.128. The average molecular weight is 152 g/mol. The number of allylic oxidation sites excluding steroid dienone is 3. The van der Waals surface area contributed by atoms with Crippen molar-refractivity contribution >= 4 is 11.6 Å². The molecule has 0 atom stereocenters. The van der Waals surface area contributed by atoms with E-state index in [2.05, 4.69) is 6.58 Å². The monoisotopic (exact) mass is 152 g/mol. The summed E-state index contributed by atoms with van der Waals surface area (Å²) in [6.07, 6.45) is 5.38. The van der Waals surface area contributed by atoms with E-state index in [1.54, 1.807) is 6.08 Å². The number of hydrogen-bond acceptors (Lipinski definition) is 2. The fraction of sp³-hybridized carbons (Fsp3) is 0.333. The largest absolute Gasteiger partial charge is 0.295 e. The molecule has 0 bridgehead atoms. The number of carbonyl (C=O) groups excluding carboxylic acids is 2. The Balaban J connectivity index is 3.68. The van der Waals surface area contributed by atoms with Crippen molar-refractivity contribution in [2.75, 3.05) is 0 Å². The summed E-state index contributed by atoms with van der Waals surface area (Å²) < 4.78 is 0. The highest BCUT2D eigenvalue weighted by atomic mass is 16.1. The first kappa shape index (κ1) is 9.82. The maximum absolute atomic E-state index is 10.8. The highest BCUT2D eigenvalue weighted by molar-refractivity contribution is 5.97. The van der Waals surface area contributed by atoms with Crippen molar-refractivity contribution in [2.45, 2.75) is 19.8 Å². The van der Waals surface area contributed by atoms with E-state index >= 15 is 0 Å². The second-order valence-electron chi connectivity index (χ2n) is 2.24. The smallest absolute Gasteiger partial charge is 0.156 e. The number of rotatable bonds is 5. The molecule has 0 fully saturated rings. The Labute approximate surface area is 66.6 Å². The molecule has 0 aliphatic heterocycles. The Kier molecular flexibility index (Phi) is 4.99. The van der Waals surface area contributed by atoms with E-state index in [0.29, 0.717) is 12.8 Å². The third-order valence-electron chi connectivity index (χ3n) is 1.10. The molecule has 0 aliphatic carbocycles. The van der Waals surface area contributed by atoms with Crippen molar-refractivity contribution in [1.29, 1.82) is 0 Å². The molecule has 0 radical (unpaired) electrons. The summed E-state index contributed by atoms with van der Waals surface area (Å²) in [4.78, 5) is 21.2. The fourth-order valence-electron chi connectivity index (χ4n) is 0.538. The molecule has 0 aromatic carbocycles. The molecule has 0 unspecified atom stereocenters. The van der Waals surface area contributed by atoms with Crippen LogP contribution in [0, 0.1) is 0 Å². The fourth-order valence-corrected chi connectivity index (χ4v) is 0.538. The average Bonchev–Trinajstić information content (AvgIpc) is 1.97. The van der Waals surface area contributed by atoms with Crippen molar-refractivity contribution in [3.05, 3.63) is 24.8 Å². The SMILES string of the molecule is C=CCCC(=O)/C=C/C(C)=O. The zero-order chi connectivity index (χ0) is 8.69. The van der Waals surface area contributed by atoms with Gasteiger partial charge in [0.1, 0.15) is 0 Å². The molecule has 2 heteroatoms. The van der Waals surface area contributed by atoms with Gasteiger partial charge in [-0.05, 0) is 25.5 Å². The van der Waals surface area contributed by atoms with Gasteiger partial charge in [0.25, 0.3) is 0 Å². The van der Waals surface area contributed by atoms with Crippen molar-refractivity contribution < 1.29 is 9.59 Å². The van der Waals surface area contributed by atoms with Crippen LogP contribution in [0.25, 0.3) is 0 Å². The Morgan fingerprint density at radius 1 is 1.36 bits per heavy atom. The molecule has 11 heavy (non-hydrogen) atoms. The van der Waals surface area contributed by atoms with E-state index in [0.717, 1.165) is 0 Å².